The Kier molecular flexibility index (Phi) is 3.92. The highest BCUT2D eigenvalue weighted by Gasteiger charge is 2.39. The molecule has 128 valence electrons. The van der Waals surface area contributed by atoms with Crippen molar-refractivity contribution in [2.45, 2.75) is 51.2 Å². The summed E-state index contributed by atoms with van der Waals surface area (Å²) in [6, 6.07) is 0.141. The fourth-order valence-electron chi connectivity index (χ4n) is 3.82. The van der Waals surface area contributed by atoms with Crippen molar-refractivity contribution in [1.82, 2.24) is 25.0 Å². The molecule has 2 aromatic rings. The molecule has 6 nitrogen and oxygen atoms in total. The maximum Gasteiger partial charge on any atom is 0.224 e. The number of hydrogen-bond acceptors (Lipinski definition) is 5. The second-order valence-corrected chi connectivity index (χ2v) is 7.95. The molecule has 0 aromatic carbocycles. The van der Waals surface area contributed by atoms with Crippen molar-refractivity contribution in [3.8, 4) is 0 Å². The third-order valence-electron chi connectivity index (χ3n) is 5.33. The van der Waals surface area contributed by atoms with Crippen LogP contribution in [0.15, 0.2) is 6.20 Å². The monoisotopic (exact) mass is 345 g/mol. The van der Waals surface area contributed by atoms with Gasteiger partial charge in [0.2, 0.25) is 5.91 Å². The number of amides is 1. The summed E-state index contributed by atoms with van der Waals surface area (Å²) in [5.74, 6) is 0.183. The highest BCUT2D eigenvalue weighted by molar-refractivity contribution is 7.11. The van der Waals surface area contributed by atoms with Crippen LogP contribution in [0, 0.1) is 6.92 Å². The van der Waals surface area contributed by atoms with Crippen LogP contribution in [0.1, 0.15) is 45.7 Å². The molecule has 0 unspecified atom stereocenters. The molecule has 1 amide bonds. The van der Waals surface area contributed by atoms with Gasteiger partial charge in [0.25, 0.3) is 0 Å². The van der Waals surface area contributed by atoms with Crippen molar-refractivity contribution in [3.63, 3.8) is 0 Å². The van der Waals surface area contributed by atoms with E-state index in [9.17, 15) is 4.79 Å². The topological polar surface area (TPSA) is 63.1 Å². The maximum atomic E-state index is 12.3. The summed E-state index contributed by atoms with van der Waals surface area (Å²) in [7, 11) is 3.83. The number of likely N-dealkylation sites (tertiary alicyclic amines) is 1. The van der Waals surface area contributed by atoms with E-state index in [1.165, 1.54) is 23.4 Å². The molecule has 24 heavy (non-hydrogen) atoms. The van der Waals surface area contributed by atoms with Crippen molar-refractivity contribution in [3.05, 3.63) is 33.0 Å². The normalized spacial score (nSPS) is 23.3. The Morgan fingerprint density at radius 3 is 2.92 bits per heavy atom. The molecule has 4 rings (SSSR count). The maximum absolute atomic E-state index is 12.3. The van der Waals surface area contributed by atoms with Gasteiger partial charge in [-0.1, -0.05) is 0 Å². The number of hydrogen-bond donors (Lipinski definition) is 1. The lowest BCUT2D eigenvalue weighted by molar-refractivity contribution is -0.127. The van der Waals surface area contributed by atoms with Gasteiger partial charge < -0.3 is 10.2 Å². The zero-order valence-corrected chi connectivity index (χ0v) is 15.2. The minimum Gasteiger partial charge on any atom is -0.337 e. The first-order valence-electron chi connectivity index (χ1n) is 8.49. The summed E-state index contributed by atoms with van der Waals surface area (Å²) < 4.78 is 1.87. The van der Waals surface area contributed by atoms with Crippen LogP contribution < -0.4 is 5.32 Å². The van der Waals surface area contributed by atoms with E-state index in [2.05, 4.69) is 17.3 Å². The van der Waals surface area contributed by atoms with Crippen molar-refractivity contribution in [2.75, 3.05) is 7.05 Å². The first-order chi connectivity index (χ1) is 11.5. The van der Waals surface area contributed by atoms with Crippen LogP contribution in [-0.2, 0) is 31.2 Å². The molecular weight excluding hydrogens is 322 g/mol. The predicted octanol–water partition coefficient (Wildman–Crippen LogP) is 1.74. The molecule has 2 aromatic heterocycles. The van der Waals surface area contributed by atoms with E-state index < -0.39 is 0 Å². The van der Waals surface area contributed by atoms with Crippen molar-refractivity contribution in [2.24, 2.45) is 7.05 Å². The second kappa shape index (κ2) is 5.97. The number of aryl methyl sites for hydroxylation is 3. The largest absolute Gasteiger partial charge is 0.337 e. The SMILES string of the molecule is Cc1c([C@H]2[C@H](NCc3nc4c(s3)CCC4)CC(=O)N2C)cnn1C. The van der Waals surface area contributed by atoms with E-state index in [-0.39, 0.29) is 18.0 Å². The van der Waals surface area contributed by atoms with Gasteiger partial charge in [-0.25, -0.2) is 4.98 Å². The van der Waals surface area contributed by atoms with Crippen LogP contribution in [0.25, 0.3) is 0 Å². The fraction of sp³-hybridized carbons (Fsp3) is 0.588. The summed E-state index contributed by atoms with van der Waals surface area (Å²) in [5.41, 5.74) is 3.53. The van der Waals surface area contributed by atoms with Gasteiger partial charge in [-0.15, -0.1) is 11.3 Å². The lowest BCUT2D eigenvalue weighted by Crippen LogP contribution is -2.35. The molecule has 0 saturated carbocycles. The van der Waals surface area contributed by atoms with E-state index in [1.807, 2.05) is 41.2 Å². The number of fused-ring (bicyclic) bond motifs is 1. The molecule has 3 heterocycles. The summed E-state index contributed by atoms with van der Waals surface area (Å²) in [4.78, 5) is 20.3. The first-order valence-corrected chi connectivity index (χ1v) is 9.31. The van der Waals surface area contributed by atoms with Gasteiger partial charge in [0.1, 0.15) is 5.01 Å². The average molecular weight is 345 g/mol. The molecule has 0 spiro atoms. The van der Waals surface area contributed by atoms with E-state index in [4.69, 9.17) is 4.98 Å². The number of thiazole rings is 1. The van der Waals surface area contributed by atoms with E-state index in [0.29, 0.717) is 6.42 Å². The van der Waals surface area contributed by atoms with Crippen LogP contribution in [0.2, 0.25) is 0 Å². The van der Waals surface area contributed by atoms with E-state index in [1.54, 1.807) is 0 Å². The number of aromatic nitrogens is 3. The van der Waals surface area contributed by atoms with Gasteiger partial charge in [0.15, 0.2) is 0 Å². The van der Waals surface area contributed by atoms with Gasteiger partial charge >= 0.3 is 0 Å². The number of rotatable bonds is 4. The van der Waals surface area contributed by atoms with Crippen molar-refractivity contribution in [1.29, 1.82) is 0 Å². The Labute approximate surface area is 145 Å². The lowest BCUT2D eigenvalue weighted by atomic mass is 10.0. The number of nitrogens with zero attached hydrogens (tertiary/aromatic N) is 4. The highest BCUT2D eigenvalue weighted by Crippen LogP contribution is 2.34. The first kappa shape index (κ1) is 15.8. The summed E-state index contributed by atoms with van der Waals surface area (Å²) in [5, 5.41) is 9.07. The number of carbonyl (C=O) groups is 1. The van der Waals surface area contributed by atoms with E-state index >= 15 is 0 Å². The Bertz CT molecular complexity index is 759. The molecule has 2 aliphatic rings. The zero-order valence-electron chi connectivity index (χ0n) is 14.4. The van der Waals surface area contributed by atoms with Gasteiger partial charge in [-0.05, 0) is 26.2 Å². The van der Waals surface area contributed by atoms with Crippen LogP contribution >= 0.6 is 11.3 Å². The second-order valence-electron chi connectivity index (χ2n) is 6.78. The molecule has 0 bridgehead atoms. The van der Waals surface area contributed by atoms with Crippen LogP contribution in [-0.4, -0.2) is 38.7 Å². The number of nitrogens with one attached hydrogen (secondary N) is 1. The molecule has 1 fully saturated rings. The van der Waals surface area contributed by atoms with Gasteiger partial charge in [0.05, 0.1) is 17.9 Å². The summed E-state index contributed by atoms with van der Waals surface area (Å²) in [6.45, 7) is 2.79. The molecule has 2 atom stereocenters. The Morgan fingerprint density at radius 2 is 2.21 bits per heavy atom. The molecular formula is C17H23N5OS. The summed E-state index contributed by atoms with van der Waals surface area (Å²) >= 11 is 1.82. The Hall–Kier alpha value is -1.73. The standard InChI is InChI=1S/C17H23N5OS/c1-10-11(8-19-22(10)3)17-13(7-16(23)21(17)2)18-9-15-20-12-5-4-6-14(12)24-15/h8,13,17-18H,4-7,9H2,1-3H3/t13-,17+/m1/s1. The Morgan fingerprint density at radius 1 is 1.38 bits per heavy atom. The molecule has 1 saturated heterocycles. The molecule has 1 N–H and O–H groups in total. The zero-order chi connectivity index (χ0) is 16.8. The number of likely N-dealkylation sites (N-methyl/N-ethyl adjacent to an activating group) is 1. The van der Waals surface area contributed by atoms with E-state index in [0.717, 1.165) is 29.2 Å². The minimum absolute atomic E-state index is 0.0398. The molecule has 1 aliphatic heterocycles. The molecule has 7 heteroatoms. The fourth-order valence-corrected chi connectivity index (χ4v) is 4.93. The third kappa shape index (κ3) is 2.56. The average Bonchev–Trinajstić information content (AvgIpc) is 3.26. The van der Waals surface area contributed by atoms with Crippen LogP contribution in [0.5, 0.6) is 0 Å². The minimum atomic E-state index is 0.0398. The van der Waals surface area contributed by atoms with Crippen molar-refractivity contribution < 1.29 is 4.79 Å². The quantitative estimate of drug-likeness (QED) is 0.917. The van der Waals surface area contributed by atoms with Crippen LogP contribution in [0.3, 0.4) is 0 Å². The highest BCUT2D eigenvalue weighted by atomic mass is 32.1. The summed E-state index contributed by atoms with van der Waals surface area (Å²) in [6.07, 6.45) is 5.96. The van der Waals surface area contributed by atoms with Gasteiger partial charge in [-0.2, -0.15) is 5.10 Å². The van der Waals surface area contributed by atoms with Gasteiger partial charge in [-0.3, -0.25) is 9.48 Å². The van der Waals surface area contributed by atoms with Crippen LogP contribution in [0.4, 0.5) is 0 Å². The van der Waals surface area contributed by atoms with Gasteiger partial charge in [0, 0.05) is 49.2 Å². The van der Waals surface area contributed by atoms with Crippen molar-refractivity contribution >= 4 is 17.2 Å². The Balaban J connectivity index is 1.52. The molecule has 0 radical (unpaired) electrons. The molecule has 1 aliphatic carbocycles. The smallest absolute Gasteiger partial charge is 0.224 e. The predicted molar refractivity (Wildman–Crippen MR) is 92.8 cm³/mol. The lowest BCUT2D eigenvalue weighted by Gasteiger charge is -2.25. The number of carbonyl (C=O) groups excluding carboxylic acids is 1. The third-order valence-corrected chi connectivity index (χ3v) is 6.49.